The number of hydrogen-bond acceptors (Lipinski definition) is 4. The third kappa shape index (κ3) is 1.58. The van der Waals surface area contributed by atoms with Gasteiger partial charge < -0.3 is 9.47 Å². The van der Waals surface area contributed by atoms with Crippen molar-refractivity contribution in [1.29, 1.82) is 0 Å². The zero-order valence-corrected chi connectivity index (χ0v) is 13.3. The highest BCUT2D eigenvalue weighted by atomic mass is 16.5. The fourth-order valence-corrected chi connectivity index (χ4v) is 4.11. The molecule has 0 bridgehead atoms. The van der Waals surface area contributed by atoms with Gasteiger partial charge in [-0.15, -0.1) is 0 Å². The van der Waals surface area contributed by atoms with Crippen molar-refractivity contribution in [2.45, 2.75) is 25.2 Å². The van der Waals surface area contributed by atoms with Crippen LogP contribution in [0.1, 0.15) is 41.3 Å². The molecule has 3 rings (SSSR count). The Hall–Kier alpha value is -2.10. The van der Waals surface area contributed by atoms with E-state index in [2.05, 4.69) is 26.0 Å². The molecule has 4 heteroatoms. The smallest absolute Gasteiger partial charge is 0.338 e. The predicted octanol–water partition coefficient (Wildman–Crippen LogP) is 2.82. The Morgan fingerprint density at radius 1 is 1.09 bits per heavy atom. The normalized spacial score (nSPS) is 31.5. The lowest BCUT2D eigenvalue weighted by Gasteiger charge is -2.55. The Balaban J connectivity index is 2.28. The first kappa shape index (κ1) is 14.8. The summed E-state index contributed by atoms with van der Waals surface area (Å²) in [5.41, 5.74) is 1.48. The fourth-order valence-electron chi connectivity index (χ4n) is 4.11. The summed E-state index contributed by atoms with van der Waals surface area (Å²) in [7, 11) is 2.76. The second kappa shape index (κ2) is 4.97. The molecule has 0 heterocycles. The molecule has 4 atom stereocenters. The predicted molar refractivity (Wildman–Crippen MR) is 81.7 cm³/mol. The lowest BCUT2D eigenvalue weighted by Crippen LogP contribution is -2.58. The molecule has 1 aromatic carbocycles. The van der Waals surface area contributed by atoms with Crippen LogP contribution in [0.25, 0.3) is 0 Å². The molecule has 0 fully saturated rings. The summed E-state index contributed by atoms with van der Waals surface area (Å²) in [6.07, 6.45) is 4.22. The number of ether oxygens (including phenoxy) is 2. The summed E-state index contributed by atoms with van der Waals surface area (Å²) < 4.78 is 10.0. The summed E-state index contributed by atoms with van der Waals surface area (Å²) in [4.78, 5) is 24.9. The molecule has 2 aliphatic rings. The number of carbonyl (C=O) groups excluding carboxylic acids is 2. The number of allylic oxidation sites excluding steroid dienone is 2. The van der Waals surface area contributed by atoms with E-state index < -0.39 is 11.4 Å². The highest BCUT2D eigenvalue weighted by molar-refractivity contribution is 5.99. The minimum absolute atomic E-state index is 0.0363. The Bertz CT molecular complexity index is 676. The molecule has 0 spiro atoms. The number of esters is 2. The third-order valence-electron chi connectivity index (χ3n) is 5.38. The molecule has 1 aromatic rings. The molecule has 116 valence electrons. The van der Waals surface area contributed by atoms with Gasteiger partial charge in [0.2, 0.25) is 0 Å². The summed E-state index contributed by atoms with van der Waals surface area (Å²) in [6, 6.07) is 5.53. The maximum atomic E-state index is 12.7. The standard InChI is InChI=1S/C18H20O4/c1-10-8-9-14-12-6-5-7-13(16(19)21-3)15(12)18(14,11(10)2)17(20)22-4/h5-11,14H,1-4H3/t10-,11+,14+,18-/m1/s1. The van der Waals surface area contributed by atoms with Crippen molar-refractivity contribution in [1.82, 2.24) is 0 Å². The molecule has 0 saturated heterocycles. The highest BCUT2D eigenvalue weighted by Crippen LogP contribution is 2.62. The molecule has 4 nitrogen and oxygen atoms in total. The van der Waals surface area contributed by atoms with E-state index in [0.717, 1.165) is 11.1 Å². The van der Waals surface area contributed by atoms with E-state index in [1.54, 1.807) is 6.07 Å². The quantitative estimate of drug-likeness (QED) is 0.622. The Morgan fingerprint density at radius 2 is 1.82 bits per heavy atom. The van der Waals surface area contributed by atoms with Gasteiger partial charge in [0.25, 0.3) is 0 Å². The summed E-state index contributed by atoms with van der Waals surface area (Å²) in [5, 5.41) is 0. The van der Waals surface area contributed by atoms with Crippen LogP contribution < -0.4 is 0 Å². The van der Waals surface area contributed by atoms with E-state index >= 15 is 0 Å². The van der Waals surface area contributed by atoms with Crippen molar-refractivity contribution in [3.05, 3.63) is 47.0 Å². The first-order valence-corrected chi connectivity index (χ1v) is 7.48. The minimum atomic E-state index is -0.789. The molecule has 2 aliphatic carbocycles. The van der Waals surface area contributed by atoms with Crippen LogP contribution in [0, 0.1) is 11.8 Å². The third-order valence-corrected chi connectivity index (χ3v) is 5.38. The number of rotatable bonds is 2. The number of benzene rings is 1. The molecular formula is C18H20O4. The van der Waals surface area contributed by atoms with E-state index in [-0.39, 0.29) is 23.7 Å². The SMILES string of the molecule is COC(=O)c1cccc2c1[C@]1(C(=O)OC)[C@H]2C=C[C@@H](C)[C@@H]1C. The Labute approximate surface area is 130 Å². The van der Waals surface area contributed by atoms with E-state index in [1.807, 2.05) is 12.1 Å². The van der Waals surface area contributed by atoms with Gasteiger partial charge in [-0.05, 0) is 29.0 Å². The van der Waals surface area contributed by atoms with Crippen LogP contribution in [0.4, 0.5) is 0 Å². The van der Waals surface area contributed by atoms with Gasteiger partial charge in [0.05, 0.1) is 19.8 Å². The summed E-state index contributed by atoms with van der Waals surface area (Å²) in [6.45, 7) is 4.13. The van der Waals surface area contributed by atoms with Crippen LogP contribution in [0.3, 0.4) is 0 Å². The van der Waals surface area contributed by atoms with Gasteiger partial charge in [-0.25, -0.2) is 4.79 Å². The fraction of sp³-hybridized carbons (Fsp3) is 0.444. The van der Waals surface area contributed by atoms with Crippen LogP contribution in [0.2, 0.25) is 0 Å². The van der Waals surface area contributed by atoms with E-state index in [9.17, 15) is 9.59 Å². The maximum absolute atomic E-state index is 12.7. The van der Waals surface area contributed by atoms with Crippen molar-refractivity contribution in [2.24, 2.45) is 11.8 Å². The van der Waals surface area contributed by atoms with Crippen molar-refractivity contribution >= 4 is 11.9 Å². The molecule has 0 saturated carbocycles. The molecule has 0 aliphatic heterocycles. The van der Waals surface area contributed by atoms with Crippen LogP contribution in [-0.4, -0.2) is 26.2 Å². The molecule has 0 aromatic heterocycles. The lowest BCUT2D eigenvalue weighted by atomic mass is 9.46. The molecule has 22 heavy (non-hydrogen) atoms. The Morgan fingerprint density at radius 3 is 2.45 bits per heavy atom. The zero-order chi connectivity index (χ0) is 16.1. The van der Waals surface area contributed by atoms with Crippen molar-refractivity contribution in [3.8, 4) is 0 Å². The van der Waals surface area contributed by atoms with Gasteiger partial charge in [-0.1, -0.05) is 38.1 Å². The lowest BCUT2D eigenvalue weighted by molar-refractivity contribution is -0.153. The number of carbonyl (C=O) groups is 2. The largest absolute Gasteiger partial charge is 0.468 e. The molecule has 0 radical (unpaired) electrons. The van der Waals surface area contributed by atoms with E-state index in [4.69, 9.17) is 9.47 Å². The highest BCUT2D eigenvalue weighted by Gasteiger charge is 2.63. The van der Waals surface area contributed by atoms with Gasteiger partial charge in [0.1, 0.15) is 5.41 Å². The average molecular weight is 300 g/mol. The van der Waals surface area contributed by atoms with Crippen LogP contribution in [0.5, 0.6) is 0 Å². The van der Waals surface area contributed by atoms with Gasteiger partial charge >= 0.3 is 11.9 Å². The minimum Gasteiger partial charge on any atom is -0.468 e. The van der Waals surface area contributed by atoms with Gasteiger partial charge in [-0.3, -0.25) is 4.79 Å². The van der Waals surface area contributed by atoms with E-state index in [1.165, 1.54) is 14.2 Å². The van der Waals surface area contributed by atoms with Crippen LogP contribution >= 0.6 is 0 Å². The summed E-state index contributed by atoms with van der Waals surface area (Å²) >= 11 is 0. The first-order chi connectivity index (χ1) is 10.5. The molecule has 0 N–H and O–H groups in total. The molecule has 0 amide bonds. The average Bonchev–Trinajstić information content (AvgIpc) is 2.53. The number of fused-ring (bicyclic) bond motifs is 4. The van der Waals surface area contributed by atoms with Crippen molar-refractivity contribution in [2.75, 3.05) is 14.2 Å². The monoisotopic (exact) mass is 300 g/mol. The summed E-state index contributed by atoms with van der Waals surface area (Å²) in [5.74, 6) is -0.439. The zero-order valence-electron chi connectivity index (χ0n) is 13.3. The maximum Gasteiger partial charge on any atom is 0.338 e. The number of hydrogen-bond donors (Lipinski definition) is 0. The van der Waals surface area contributed by atoms with Gasteiger partial charge in [0.15, 0.2) is 0 Å². The molecule has 0 unspecified atom stereocenters. The number of methoxy groups -OCH3 is 2. The van der Waals surface area contributed by atoms with Crippen molar-refractivity contribution in [3.63, 3.8) is 0 Å². The van der Waals surface area contributed by atoms with Gasteiger partial charge in [0, 0.05) is 5.92 Å². The second-order valence-electron chi connectivity index (χ2n) is 6.13. The second-order valence-corrected chi connectivity index (χ2v) is 6.13. The molecular weight excluding hydrogens is 280 g/mol. The first-order valence-electron chi connectivity index (χ1n) is 7.48. The van der Waals surface area contributed by atoms with Gasteiger partial charge in [-0.2, -0.15) is 0 Å². The van der Waals surface area contributed by atoms with Crippen molar-refractivity contribution < 1.29 is 19.1 Å². The Kier molecular flexibility index (Phi) is 3.35. The van der Waals surface area contributed by atoms with E-state index in [0.29, 0.717) is 5.56 Å². The van der Waals surface area contributed by atoms with Crippen LogP contribution in [0.15, 0.2) is 30.4 Å². The van der Waals surface area contributed by atoms with Crippen LogP contribution in [-0.2, 0) is 19.7 Å². The topological polar surface area (TPSA) is 52.6 Å².